The lowest BCUT2D eigenvalue weighted by Gasteiger charge is -2.31. The van der Waals surface area contributed by atoms with Crippen LogP contribution in [0.4, 0.5) is 0 Å². The van der Waals surface area contributed by atoms with Gasteiger partial charge in [0, 0.05) is 19.5 Å². The van der Waals surface area contributed by atoms with Gasteiger partial charge in [0.1, 0.15) is 0 Å². The first-order chi connectivity index (χ1) is 9.97. The fourth-order valence-corrected chi connectivity index (χ4v) is 4.62. The van der Waals surface area contributed by atoms with Gasteiger partial charge in [-0.3, -0.25) is 0 Å². The van der Waals surface area contributed by atoms with E-state index in [9.17, 15) is 13.5 Å². The number of nitrogens with zero attached hydrogens (tertiary/aromatic N) is 1. The molecule has 1 aliphatic heterocycles. The Morgan fingerprint density at radius 1 is 1.24 bits per heavy atom. The highest BCUT2D eigenvalue weighted by Crippen LogP contribution is 2.32. The van der Waals surface area contributed by atoms with Crippen molar-refractivity contribution in [3.05, 3.63) is 35.4 Å². The van der Waals surface area contributed by atoms with Crippen LogP contribution in [0.1, 0.15) is 36.9 Å². The molecular weight excluding hydrogens is 288 g/mol. The molecule has 0 bridgehead atoms. The van der Waals surface area contributed by atoms with E-state index in [1.807, 2.05) is 24.3 Å². The molecule has 2 aliphatic rings. The number of hydrogen-bond acceptors (Lipinski definition) is 3. The fourth-order valence-electron chi connectivity index (χ4n) is 3.18. The van der Waals surface area contributed by atoms with E-state index >= 15 is 0 Å². The first-order valence-corrected chi connectivity index (χ1v) is 8.94. The second-order valence-electron chi connectivity index (χ2n) is 6.15. The van der Waals surface area contributed by atoms with Crippen LogP contribution in [-0.4, -0.2) is 37.0 Å². The molecule has 6 heteroatoms. The second kappa shape index (κ2) is 5.68. The molecule has 1 aromatic rings. The van der Waals surface area contributed by atoms with Crippen molar-refractivity contribution in [3.63, 3.8) is 0 Å². The summed E-state index contributed by atoms with van der Waals surface area (Å²) < 4.78 is 29.2. The highest BCUT2D eigenvalue weighted by Gasteiger charge is 2.36. The zero-order chi connectivity index (χ0) is 15.0. The third-order valence-electron chi connectivity index (χ3n) is 4.56. The lowest BCUT2D eigenvalue weighted by molar-refractivity contribution is 0.150. The number of aliphatic hydroxyl groups excluding tert-OH is 1. The molecule has 2 atom stereocenters. The molecule has 2 unspecified atom stereocenters. The van der Waals surface area contributed by atoms with Gasteiger partial charge in [0.05, 0.1) is 12.1 Å². The molecule has 0 spiro atoms. The van der Waals surface area contributed by atoms with E-state index in [2.05, 4.69) is 11.6 Å². The third kappa shape index (κ3) is 2.99. The molecule has 0 radical (unpaired) electrons. The molecule has 0 saturated carbocycles. The van der Waals surface area contributed by atoms with Gasteiger partial charge in [0.15, 0.2) is 0 Å². The van der Waals surface area contributed by atoms with Crippen LogP contribution in [-0.2, 0) is 16.6 Å². The summed E-state index contributed by atoms with van der Waals surface area (Å²) in [4.78, 5) is 0. The SMILES string of the molecule is CC1CCN(S(=O)(=O)NC2c3ccccc3CC2O)CC1. The Kier molecular flexibility index (Phi) is 4.05. The van der Waals surface area contributed by atoms with E-state index in [1.54, 1.807) is 0 Å². The number of aliphatic hydroxyl groups is 1. The number of benzene rings is 1. The molecule has 3 rings (SSSR count). The summed E-state index contributed by atoms with van der Waals surface area (Å²) in [7, 11) is -3.54. The molecule has 2 N–H and O–H groups in total. The van der Waals surface area contributed by atoms with Crippen molar-refractivity contribution in [2.75, 3.05) is 13.1 Å². The fraction of sp³-hybridized carbons (Fsp3) is 0.600. The molecular formula is C15H22N2O3S. The van der Waals surface area contributed by atoms with Crippen LogP contribution >= 0.6 is 0 Å². The Balaban J connectivity index is 1.77. The number of fused-ring (bicyclic) bond motifs is 1. The van der Waals surface area contributed by atoms with E-state index in [4.69, 9.17) is 0 Å². The first kappa shape index (κ1) is 15.0. The third-order valence-corrected chi connectivity index (χ3v) is 6.16. The molecule has 0 amide bonds. The molecule has 1 heterocycles. The van der Waals surface area contributed by atoms with Gasteiger partial charge in [-0.15, -0.1) is 0 Å². The Bertz CT molecular complexity index is 609. The summed E-state index contributed by atoms with van der Waals surface area (Å²) in [6.45, 7) is 3.26. The van der Waals surface area contributed by atoms with Crippen LogP contribution in [0.2, 0.25) is 0 Å². The van der Waals surface area contributed by atoms with E-state index < -0.39 is 22.4 Å². The zero-order valence-electron chi connectivity index (χ0n) is 12.2. The molecule has 1 aliphatic carbocycles. The Hall–Kier alpha value is -0.950. The molecule has 1 aromatic carbocycles. The van der Waals surface area contributed by atoms with Gasteiger partial charge in [0.2, 0.25) is 0 Å². The summed E-state index contributed by atoms with van der Waals surface area (Å²) in [6, 6.07) is 7.08. The highest BCUT2D eigenvalue weighted by atomic mass is 32.2. The van der Waals surface area contributed by atoms with Crippen LogP contribution in [0.3, 0.4) is 0 Å². The van der Waals surface area contributed by atoms with Crippen molar-refractivity contribution in [2.24, 2.45) is 5.92 Å². The Morgan fingerprint density at radius 2 is 1.90 bits per heavy atom. The van der Waals surface area contributed by atoms with E-state index in [-0.39, 0.29) is 0 Å². The predicted octanol–water partition coefficient (Wildman–Crippen LogP) is 1.21. The maximum absolute atomic E-state index is 12.5. The van der Waals surface area contributed by atoms with Crippen LogP contribution < -0.4 is 4.72 Å². The van der Waals surface area contributed by atoms with Gasteiger partial charge >= 0.3 is 0 Å². The van der Waals surface area contributed by atoms with Gasteiger partial charge in [-0.2, -0.15) is 17.4 Å². The van der Waals surface area contributed by atoms with Crippen LogP contribution in [0, 0.1) is 5.92 Å². The number of rotatable bonds is 3. The van der Waals surface area contributed by atoms with Crippen LogP contribution in [0.15, 0.2) is 24.3 Å². The number of nitrogens with one attached hydrogen (secondary N) is 1. The average Bonchev–Trinajstić information content (AvgIpc) is 2.75. The maximum atomic E-state index is 12.5. The summed E-state index contributed by atoms with van der Waals surface area (Å²) in [6.07, 6.45) is 1.59. The predicted molar refractivity (Wildman–Crippen MR) is 80.9 cm³/mol. The van der Waals surface area contributed by atoms with Crippen molar-refractivity contribution >= 4 is 10.2 Å². The van der Waals surface area contributed by atoms with Gasteiger partial charge in [0.25, 0.3) is 10.2 Å². The number of piperidine rings is 1. The Labute approximate surface area is 126 Å². The van der Waals surface area contributed by atoms with Crippen molar-refractivity contribution in [3.8, 4) is 0 Å². The van der Waals surface area contributed by atoms with Crippen molar-refractivity contribution < 1.29 is 13.5 Å². The van der Waals surface area contributed by atoms with Crippen molar-refractivity contribution in [2.45, 2.75) is 38.3 Å². The molecule has 0 aromatic heterocycles. The summed E-state index contributed by atoms with van der Waals surface area (Å²) in [5.41, 5.74) is 1.91. The normalized spacial score (nSPS) is 27.7. The zero-order valence-corrected chi connectivity index (χ0v) is 13.0. The lowest BCUT2D eigenvalue weighted by atomic mass is 10.0. The largest absolute Gasteiger partial charge is 0.391 e. The minimum absolute atomic E-state index is 0.500. The monoisotopic (exact) mass is 310 g/mol. The van der Waals surface area contributed by atoms with Gasteiger partial charge in [-0.1, -0.05) is 31.2 Å². The topological polar surface area (TPSA) is 69.6 Å². The van der Waals surface area contributed by atoms with Crippen molar-refractivity contribution in [1.82, 2.24) is 9.03 Å². The first-order valence-electron chi connectivity index (χ1n) is 7.50. The Morgan fingerprint density at radius 3 is 2.62 bits per heavy atom. The summed E-state index contributed by atoms with van der Waals surface area (Å²) in [5.74, 6) is 0.578. The van der Waals surface area contributed by atoms with Gasteiger partial charge < -0.3 is 5.11 Å². The van der Waals surface area contributed by atoms with E-state index in [0.717, 1.165) is 24.0 Å². The maximum Gasteiger partial charge on any atom is 0.280 e. The van der Waals surface area contributed by atoms with Gasteiger partial charge in [-0.05, 0) is 29.9 Å². The molecule has 5 nitrogen and oxygen atoms in total. The van der Waals surface area contributed by atoms with Crippen LogP contribution in [0.25, 0.3) is 0 Å². The minimum atomic E-state index is -3.54. The van der Waals surface area contributed by atoms with Crippen molar-refractivity contribution in [1.29, 1.82) is 0 Å². The van der Waals surface area contributed by atoms with E-state index in [1.165, 1.54) is 4.31 Å². The molecule has 116 valence electrons. The summed E-state index contributed by atoms with van der Waals surface area (Å²) in [5, 5.41) is 10.2. The summed E-state index contributed by atoms with van der Waals surface area (Å²) >= 11 is 0. The minimum Gasteiger partial charge on any atom is -0.391 e. The second-order valence-corrected chi connectivity index (χ2v) is 7.85. The van der Waals surface area contributed by atoms with Gasteiger partial charge in [-0.25, -0.2) is 0 Å². The average molecular weight is 310 g/mol. The lowest BCUT2D eigenvalue weighted by Crippen LogP contribution is -2.47. The molecule has 1 saturated heterocycles. The quantitative estimate of drug-likeness (QED) is 0.882. The molecule has 1 fully saturated rings. The van der Waals surface area contributed by atoms with Crippen LogP contribution in [0.5, 0.6) is 0 Å². The smallest absolute Gasteiger partial charge is 0.280 e. The standard InChI is InChI=1S/C15H22N2O3S/c1-11-6-8-17(9-7-11)21(19,20)16-15-13-5-3-2-4-12(13)10-14(15)18/h2-5,11,14-16,18H,6-10H2,1H3. The molecule has 21 heavy (non-hydrogen) atoms. The highest BCUT2D eigenvalue weighted by molar-refractivity contribution is 7.87. The number of hydrogen-bond donors (Lipinski definition) is 2. The van der Waals surface area contributed by atoms with E-state index in [0.29, 0.717) is 25.4 Å².